The van der Waals surface area contributed by atoms with Crippen LogP contribution in [0.25, 0.3) is 0 Å². The molecule has 0 bridgehead atoms. The SMILES string of the molecule is COCCN1CCCC2(CCN(C(=O)c3cnc(Cl)cc3Cl)CC2)C1=O. The number of piperidine rings is 2. The highest BCUT2D eigenvalue weighted by atomic mass is 35.5. The normalized spacial score (nSPS) is 19.9. The van der Waals surface area contributed by atoms with Gasteiger partial charge in [-0.1, -0.05) is 23.2 Å². The lowest BCUT2D eigenvalue weighted by Crippen LogP contribution is -2.54. The van der Waals surface area contributed by atoms with E-state index in [9.17, 15) is 9.59 Å². The van der Waals surface area contributed by atoms with E-state index in [0.717, 1.165) is 19.4 Å². The Morgan fingerprint density at radius 3 is 2.65 bits per heavy atom. The van der Waals surface area contributed by atoms with Gasteiger partial charge in [0, 0.05) is 39.5 Å². The van der Waals surface area contributed by atoms with Gasteiger partial charge >= 0.3 is 0 Å². The first-order valence-electron chi connectivity index (χ1n) is 8.85. The van der Waals surface area contributed by atoms with Crippen molar-refractivity contribution >= 4 is 35.0 Å². The molecular formula is C18H23Cl2N3O3. The fourth-order valence-corrected chi connectivity index (χ4v) is 4.35. The van der Waals surface area contributed by atoms with Gasteiger partial charge < -0.3 is 14.5 Å². The topological polar surface area (TPSA) is 62.7 Å². The van der Waals surface area contributed by atoms with Crippen LogP contribution in [0.15, 0.2) is 12.3 Å². The maximum atomic E-state index is 13.0. The van der Waals surface area contributed by atoms with E-state index < -0.39 is 0 Å². The molecule has 142 valence electrons. The lowest BCUT2D eigenvalue weighted by atomic mass is 9.71. The Bertz CT molecular complexity index is 690. The van der Waals surface area contributed by atoms with Crippen LogP contribution in [0.1, 0.15) is 36.0 Å². The largest absolute Gasteiger partial charge is 0.383 e. The van der Waals surface area contributed by atoms with Crippen molar-refractivity contribution in [2.75, 3.05) is 39.9 Å². The minimum Gasteiger partial charge on any atom is -0.383 e. The number of hydrogen-bond donors (Lipinski definition) is 0. The Kier molecular flexibility index (Phi) is 6.05. The molecule has 1 aromatic rings. The van der Waals surface area contributed by atoms with E-state index in [2.05, 4.69) is 4.98 Å². The molecule has 0 aromatic carbocycles. The van der Waals surface area contributed by atoms with E-state index in [1.165, 1.54) is 12.3 Å². The van der Waals surface area contributed by atoms with Crippen molar-refractivity contribution in [3.8, 4) is 0 Å². The summed E-state index contributed by atoms with van der Waals surface area (Å²) < 4.78 is 5.11. The Morgan fingerprint density at radius 2 is 2.00 bits per heavy atom. The summed E-state index contributed by atoms with van der Waals surface area (Å²) in [7, 11) is 1.64. The molecule has 2 saturated heterocycles. The van der Waals surface area contributed by atoms with Gasteiger partial charge in [-0.05, 0) is 31.7 Å². The molecule has 0 radical (unpaired) electrons. The molecule has 0 saturated carbocycles. The lowest BCUT2D eigenvalue weighted by Gasteiger charge is -2.46. The Balaban J connectivity index is 1.66. The Hall–Kier alpha value is -1.37. The van der Waals surface area contributed by atoms with Crippen molar-refractivity contribution < 1.29 is 14.3 Å². The molecular weight excluding hydrogens is 377 g/mol. The quantitative estimate of drug-likeness (QED) is 0.730. The molecule has 2 aliphatic rings. The predicted molar refractivity (Wildman–Crippen MR) is 99.5 cm³/mol. The first-order valence-corrected chi connectivity index (χ1v) is 9.61. The maximum Gasteiger partial charge on any atom is 0.256 e. The second-order valence-corrected chi connectivity index (χ2v) is 7.74. The summed E-state index contributed by atoms with van der Waals surface area (Å²) in [6.07, 6.45) is 4.66. The molecule has 1 aromatic heterocycles. The molecule has 3 rings (SSSR count). The van der Waals surface area contributed by atoms with Gasteiger partial charge in [0.25, 0.3) is 5.91 Å². The van der Waals surface area contributed by atoms with Gasteiger partial charge in [-0.15, -0.1) is 0 Å². The van der Waals surface area contributed by atoms with E-state index >= 15 is 0 Å². The second-order valence-electron chi connectivity index (χ2n) is 6.95. The number of hydrogen-bond acceptors (Lipinski definition) is 4. The average Bonchev–Trinajstić information content (AvgIpc) is 2.63. The number of ether oxygens (including phenoxy) is 1. The third-order valence-electron chi connectivity index (χ3n) is 5.45. The van der Waals surface area contributed by atoms with Crippen LogP contribution in [0.2, 0.25) is 10.2 Å². The van der Waals surface area contributed by atoms with Gasteiger partial charge in [-0.2, -0.15) is 0 Å². The van der Waals surface area contributed by atoms with Crippen LogP contribution in [-0.2, 0) is 9.53 Å². The number of methoxy groups -OCH3 is 1. The molecule has 3 heterocycles. The summed E-state index contributed by atoms with van der Waals surface area (Å²) in [5.74, 6) is 0.0487. The van der Waals surface area contributed by atoms with Crippen LogP contribution in [-0.4, -0.2) is 66.5 Å². The summed E-state index contributed by atoms with van der Waals surface area (Å²) in [5, 5.41) is 0.558. The Labute approximate surface area is 163 Å². The number of carbonyl (C=O) groups is 2. The number of aromatic nitrogens is 1. The highest BCUT2D eigenvalue weighted by Gasteiger charge is 2.46. The van der Waals surface area contributed by atoms with E-state index in [-0.39, 0.29) is 22.4 Å². The molecule has 6 nitrogen and oxygen atoms in total. The highest BCUT2D eigenvalue weighted by molar-refractivity contribution is 6.36. The van der Waals surface area contributed by atoms with Crippen LogP contribution >= 0.6 is 23.2 Å². The zero-order chi connectivity index (χ0) is 18.7. The zero-order valence-corrected chi connectivity index (χ0v) is 16.4. The summed E-state index contributed by atoms with van der Waals surface area (Å²) >= 11 is 11.9. The van der Waals surface area contributed by atoms with Gasteiger partial charge in [-0.25, -0.2) is 4.98 Å². The number of nitrogens with zero attached hydrogens (tertiary/aromatic N) is 3. The molecule has 0 N–H and O–H groups in total. The molecule has 2 amide bonds. The fourth-order valence-electron chi connectivity index (χ4n) is 3.90. The van der Waals surface area contributed by atoms with E-state index in [0.29, 0.717) is 49.7 Å². The van der Waals surface area contributed by atoms with Crippen molar-refractivity contribution in [3.63, 3.8) is 0 Å². The van der Waals surface area contributed by atoms with Crippen molar-refractivity contribution in [2.24, 2.45) is 5.41 Å². The summed E-state index contributed by atoms with van der Waals surface area (Å²) in [6, 6.07) is 1.47. The van der Waals surface area contributed by atoms with Crippen LogP contribution in [0.4, 0.5) is 0 Å². The van der Waals surface area contributed by atoms with Gasteiger partial charge in [0.1, 0.15) is 5.15 Å². The molecule has 26 heavy (non-hydrogen) atoms. The fraction of sp³-hybridized carbons (Fsp3) is 0.611. The Morgan fingerprint density at radius 1 is 1.27 bits per heavy atom. The zero-order valence-electron chi connectivity index (χ0n) is 14.8. The number of rotatable bonds is 4. The second kappa shape index (κ2) is 8.11. The van der Waals surface area contributed by atoms with Gasteiger partial charge in [-0.3, -0.25) is 9.59 Å². The molecule has 2 aliphatic heterocycles. The third-order valence-corrected chi connectivity index (χ3v) is 5.97. The smallest absolute Gasteiger partial charge is 0.256 e. The lowest BCUT2D eigenvalue weighted by molar-refractivity contribution is -0.150. The standard InChI is InChI=1S/C18H23Cl2N3O3/c1-26-10-9-23-6-2-3-18(17(23)25)4-7-22(8-5-18)16(24)13-12-21-15(20)11-14(13)19/h11-12H,2-10H2,1H3. The van der Waals surface area contributed by atoms with Crippen LogP contribution in [0.5, 0.6) is 0 Å². The minimum atomic E-state index is -0.342. The molecule has 0 aliphatic carbocycles. The number of carbonyl (C=O) groups excluding carboxylic acids is 2. The van der Waals surface area contributed by atoms with Crippen LogP contribution in [0.3, 0.4) is 0 Å². The number of pyridine rings is 1. The van der Waals surface area contributed by atoms with E-state index in [1.54, 1.807) is 12.0 Å². The summed E-state index contributed by atoms with van der Waals surface area (Å²) in [4.78, 5) is 33.3. The number of likely N-dealkylation sites (tertiary alicyclic amines) is 2. The number of halogens is 2. The predicted octanol–water partition coefficient (Wildman–Crippen LogP) is 2.88. The highest BCUT2D eigenvalue weighted by Crippen LogP contribution is 2.41. The van der Waals surface area contributed by atoms with Crippen molar-refractivity contribution in [3.05, 3.63) is 28.0 Å². The number of amides is 2. The molecule has 2 fully saturated rings. The maximum absolute atomic E-state index is 13.0. The molecule has 1 spiro atoms. The molecule has 8 heteroatoms. The molecule has 0 atom stereocenters. The van der Waals surface area contributed by atoms with Crippen LogP contribution < -0.4 is 0 Å². The van der Waals surface area contributed by atoms with Gasteiger partial charge in [0.2, 0.25) is 5.91 Å². The van der Waals surface area contributed by atoms with Crippen molar-refractivity contribution in [2.45, 2.75) is 25.7 Å². The van der Waals surface area contributed by atoms with Crippen molar-refractivity contribution in [1.29, 1.82) is 0 Å². The van der Waals surface area contributed by atoms with Gasteiger partial charge in [0.05, 0.1) is 22.6 Å². The third kappa shape index (κ3) is 3.82. The first-order chi connectivity index (χ1) is 12.5. The van der Waals surface area contributed by atoms with Crippen LogP contribution in [0, 0.1) is 5.41 Å². The van der Waals surface area contributed by atoms with Gasteiger partial charge in [0.15, 0.2) is 0 Å². The summed E-state index contributed by atoms with van der Waals surface area (Å²) in [6.45, 7) is 3.06. The summed E-state index contributed by atoms with van der Waals surface area (Å²) in [5.41, 5.74) is 0.00821. The van der Waals surface area contributed by atoms with E-state index in [4.69, 9.17) is 27.9 Å². The average molecular weight is 400 g/mol. The van der Waals surface area contributed by atoms with Crippen molar-refractivity contribution in [1.82, 2.24) is 14.8 Å². The first kappa shape index (κ1) is 19.4. The molecule has 0 unspecified atom stereocenters. The minimum absolute atomic E-state index is 0.159. The monoisotopic (exact) mass is 399 g/mol. The van der Waals surface area contributed by atoms with E-state index in [1.807, 2.05) is 4.90 Å².